The molecule has 1 aromatic heterocycles. The average molecular weight is 195 g/mol. The molecule has 4 heteroatoms. The van der Waals surface area contributed by atoms with Gasteiger partial charge in [-0.05, 0) is 18.8 Å². The molecule has 0 spiro atoms. The summed E-state index contributed by atoms with van der Waals surface area (Å²) in [6.07, 6.45) is 4.40. The first kappa shape index (κ1) is 9.52. The van der Waals surface area contributed by atoms with E-state index in [1.165, 1.54) is 12.8 Å². The Labute approximate surface area is 84.3 Å². The standard InChI is InChI=1S/C10H17N3O/c1-13-5-4-10(12-13)11-7-9-3-2-6-14-8-9/h4-5,9H,2-3,6-8H2,1H3,(H,11,12). The zero-order chi connectivity index (χ0) is 9.80. The highest BCUT2D eigenvalue weighted by molar-refractivity contribution is 5.31. The smallest absolute Gasteiger partial charge is 0.147 e. The number of anilines is 1. The number of nitrogens with zero attached hydrogens (tertiary/aromatic N) is 2. The lowest BCUT2D eigenvalue weighted by Gasteiger charge is -2.21. The summed E-state index contributed by atoms with van der Waals surface area (Å²) in [6.45, 7) is 2.79. The van der Waals surface area contributed by atoms with Gasteiger partial charge in [-0.3, -0.25) is 4.68 Å². The number of nitrogens with one attached hydrogen (secondary N) is 1. The minimum absolute atomic E-state index is 0.644. The summed E-state index contributed by atoms with van der Waals surface area (Å²) in [6, 6.07) is 1.99. The third-order valence-corrected chi connectivity index (χ3v) is 2.54. The Morgan fingerprint density at radius 2 is 2.64 bits per heavy atom. The monoisotopic (exact) mass is 195 g/mol. The van der Waals surface area contributed by atoms with Crippen molar-refractivity contribution < 1.29 is 4.74 Å². The van der Waals surface area contributed by atoms with Crippen LogP contribution in [0.4, 0.5) is 5.82 Å². The molecule has 4 nitrogen and oxygen atoms in total. The maximum atomic E-state index is 5.41. The van der Waals surface area contributed by atoms with Crippen molar-refractivity contribution in [2.24, 2.45) is 13.0 Å². The molecule has 2 rings (SSSR count). The molecule has 0 radical (unpaired) electrons. The molecule has 0 bridgehead atoms. The maximum Gasteiger partial charge on any atom is 0.147 e. The summed E-state index contributed by atoms with van der Waals surface area (Å²) in [5.41, 5.74) is 0. The summed E-state index contributed by atoms with van der Waals surface area (Å²) in [5.74, 6) is 1.60. The van der Waals surface area contributed by atoms with Gasteiger partial charge in [0.1, 0.15) is 5.82 Å². The Bertz CT molecular complexity index is 279. The van der Waals surface area contributed by atoms with Gasteiger partial charge >= 0.3 is 0 Å². The van der Waals surface area contributed by atoms with Gasteiger partial charge in [-0.1, -0.05) is 0 Å². The zero-order valence-corrected chi connectivity index (χ0v) is 8.57. The first-order chi connectivity index (χ1) is 6.84. The van der Waals surface area contributed by atoms with Gasteiger partial charge in [0.25, 0.3) is 0 Å². The fourth-order valence-electron chi connectivity index (χ4n) is 1.73. The van der Waals surface area contributed by atoms with E-state index in [0.29, 0.717) is 5.92 Å². The molecule has 2 heterocycles. The molecule has 1 saturated heterocycles. The Balaban J connectivity index is 1.76. The molecule has 14 heavy (non-hydrogen) atoms. The second-order valence-corrected chi connectivity index (χ2v) is 3.84. The topological polar surface area (TPSA) is 39.1 Å². The van der Waals surface area contributed by atoms with Crippen molar-refractivity contribution >= 4 is 5.82 Å². The highest BCUT2D eigenvalue weighted by Crippen LogP contribution is 2.14. The van der Waals surface area contributed by atoms with Crippen molar-refractivity contribution in [1.29, 1.82) is 0 Å². The first-order valence-corrected chi connectivity index (χ1v) is 5.16. The van der Waals surface area contributed by atoms with Crippen LogP contribution in [0, 0.1) is 5.92 Å². The van der Waals surface area contributed by atoms with E-state index in [-0.39, 0.29) is 0 Å². The zero-order valence-electron chi connectivity index (χ0n) is 8.57. The van der Waals surface area contributed by atoms with Crippen LogP contribution >= 0.6 is 0 Å². The number of aromatic nitrogens is 2. The third kappa shape index (κ3) is 2.48. The van der Waals surface area contributed by atoms with Crippen LogP contribution in [0.25, 0.3) is 0 Å². The van der Waals surface area contributed by atoms with Crippen LogP contribution < -0.4 is 5.32 Å². The SMILES string of the molecule is Cn1ccc(NCC2CCCOC2)n1. The summed E-state index contributed by atoms with van der Waals surface area (Å²) >= 11 is 0. The number of ether oxygens (including phenoxy) is 1. The molecular weight excluding hydrogens is 178 g/mol. The molecular formula is C10H17N3O. The number of rotatable bonds is 3. The lowest BCUT2D eigenvalue weighted by molar-refractivity contribution is 0.0595. The summed E-state index contributed by atoms with van der Waals surface area (Å²) in [4.78, 5) is 0. The molecule has 1 aliphatic heterocycles. The van der Waals surface area contributed by atoms with E-state index in [9.17, 15) is 0 Å². The quantitative estimate of drug-likeness (QED) is 0.789. The molecule has 78 valence electrons. The molecule has 0 amide bonds. The second-order valence-electron chi connectivity index (χ2n) is 3.84. The molecule has 1 aliphatic rings. The summed E-state index contributed by atoms with van der Waals surface area (Å²) < 4.78 is 7.22. The van der Waals surface area contributed by atoms with Gasteiger partial charge in [-0.15, -0.1) is 0 Å². The van der Waals surface area contributed by atoms with Crippen LogP contribution in [0.15, 0.2) is 12.3 Å². The van der Waals surface area contributed by atoms with Gasteiger partial charge in [-0.25, -0.2) is 0 Å². The predicted molar refractivity (Wildman–Crippen MR) is 55.2 cm³/mol. The van der Waals surface area contributed by atoms with E-state index in [1.807, 2.05) is 19.3 Å². The van der Waals surface area contributed by atoms with E-state index in [0.717, 1.165) is 25.6 Å². The van der Waals surface area contributed by atoms with Crippen molar-refractivity contribution in [3.63, 3.8) is 0 Å². The normalized spacial score (nSPS) is 22.2. The van der Waals surface area contributed by atoms with E-state index in [2.05, 4.69) is 10.4 Å². The molecule has 1 aromatic rings. The van der Waals surface area contributed by atoms with Crippen LogP contribution in [-0.2, 0) is 11.8 Å². The van der Waals surface area contributed by atoms with E-state index in [4.69, 9.17) is 4.74 Å². The van der Waals surface area contributed by atoms with E-state index >= 15 is 0 Å². The van der Waals surface area contributed by atoms with Crippen molar-refractivity contribution in [1.82, 2.24) is 9.78 Å². The fourth-order valence-corrected chi connectivity index (χ4v) is 1.73. The predicted octanol–water partition coefficient (Wildman–Crippen LogP) is 1.26. The molecule has 0 aromatic carbocycles. The lowest BCUT2D eigenvalue weighted by atomic mass is 10.0. The minimum Gasteiger partial charge on any atom is -0.381 e. The van der Waals surface area contributed by atoms with Crippen molar-refractivity contribution in [2.45, 2.75) is 12.8 Å². The molecule has 1 fully saturated rings. The van der Waals surface area contributed by atoms with Crippen LogP contribution in [-0.4, -0.2) is 29.5 Å². The maximum absolute atomic E-state index is 5.41. The van der Waals surface area contributed by atoms with Crippen LogP contribution in [0.1, 0.15) is 12.8 Å². The van der Waals surface area contributed by atoms with Crippen LogP contribution in [0.3, 0.4) is 0 Å². The first-order valence-electron chi connectivity index (χ1n) is 5.16. The number of hydrogen-bond acceptors (Lipinski definition) is 3. The third-order valence-electron chi connectivity index (χ3n) is 2.54. The highest BCUT2D eigenvalue weighted by Gasteiger charge is 2.13. The van der Waals surface area contributed by atoms with Crippen LogP contribution in [0.5, 0.6) is 0 Å². The summed E-state index contributed by atoms with van der Waals surface area (Å²) in [5, 5.41) is 7.58. The molecule has 1 atom stereocenters. The molecule has 0 saturated carbocycles. The Morgan fingerprint density at radius 1 is 1.71 bits per heavy atom. The Morgan fingerprint density at radius 3 is 3.29 bits per heavy atom. The largest absolute Gasteiger partial charge is 0.381 e. The van der Waals surface area contributed by atoms with Gasteiger partial charge in [0.05, 0.1) is 6.61 Å². The van der Waals surface area contributed by atoms with Gasteiger partial charge < -0.3 is 10.1 Å². The van der Waals surface area contributed by atoms with E-state index in [1.54, 1.807) is 4.68 Å². The number of aryl methyl sites for hydroxylation is 1. The van der Waals surface area contributed by atoms with Gasteiger partial charge in [0.2, 0.25) is 0 Å². The van der Waals surface area contributed by atoms with Crippen LogP contribution in [0.2, 0.25) is 0 Å². The van der Waals surface area contributed by atoms with Crippen molar-refractivity contribution in [2.75, 3.05) is 25.1 Å². The van der Waals surface area contributed by atoms with Crippen molar-refractivity contribution in [3.05, 3.63) is 12.3 Å². The second kappa shape index (κ2) is 4.46. The Hall–Kier alpha value is -1.03. The van der Waals surface area contributed by atoms with Gasteiger partial charge in [0, 0.05) is 32.5 Å². The van der Waals surface area contributed by atoms with Gasteiger partial charge in [0.15, 0.2) is 0 Å². The molecule has 1 unspecified atom stereocenters. The molecule has 0 aliphatic carbocycles. The average Bonchev–Trinajstić information content (AvgIpc) is 2.63. The highest BCUT2D eigenvalue weighted by atomic mass is 16.5. The van der Waals surface area contributed by atoms with E-state index < -0.39 is 0 Å². The Kier molecular flexibility index (Phi) is 3.03. The minimum atomic E-state index is 0.644. The fraction of sp³-hybridized carbons (Fsp3) is 0.700. The summed E-state index contributed by atoms with van der Waals surface area (Å²) in [7, 11) is 1.93. The lowest BCUT2D eigenvalue weighted by Crippen LogP contribution is -2.24. The molecule has 1 N–H and O–H groups in total. The van der Waals surface area contributed by atoms with Gasteiger partial charge in [-0.2, -0.15) is 5.10 Å². The number of hydrogen-bond donors (Lipinski definition) is 1. The van der Waals surface area contributed by atoms with Crippen molar-refractivity contribution in [3.8, 4) is 0 Å².